The van der Waals surface area contributed by atoms with Gasteiger partial charge in [-0.15, -0.1) is 0 Å². The van der Waals surface area contributed by atoms with Crippen LogP contribution in [-0.2, 0) is 19.1 Å². The van der Waals surface area contributed by atoms with Crippen molar-refractivity contribution in [2.45, 2.75) is 18.8 Å². The summed E-state index contributed by atoms with van der Waals surface area (Å²) in [5.74, 6) is -2.30. The van der Waals surface area contributed by atoms with Crippen molar-refractivity contribution in [2.24, 2.45) is 23.7 Å². The van der Waals surface area contributed by atoms with E-state index in [1.165, 1.54) is 46.9 Å². The minimum Gasteiger partial charge on any atom is -0.452 e. The van der Waals surface area contributed by atoms with Crippen LogP contribution in [0.15, 0.2) is 78.9 Å². The molecular weight excluding hydrogens is 487 g/mol. The number of anilines is 2. The second-order valence-corrected chi connectivity index (χ2v) is 10.2. The summed E-state index contributed by atoms with van der Waals surface area (Å²) in [7, 11) is 0. The number of hydrogen-bond donors (Lipinski definition) is 1. The normalized spacial score (nSPS) is 25.4. The Balaban J connectivity index is 1.14. The van der Waals surface area contributed by atoms with Crippen molar-refractivity contribution in [3.05, 3.63) is 95.8 Å². The summed E-state index contributed by atoms with van der Waals surface area (Å²) in [4.78, 5) is 53.0. The van der Waals surface area contributed by atoms with Gasteiger partial charge in [0.1, 0.15) is 5.82 Å². The minimum absolute atomic E-state index is 0.125. The quantitative estimate of drug-likeness (QED) is 0.386. The number of ether oxygens (including phenoxy) is 1. The van der Waals surface area contributed by atoms with E-state index in [9.17, 15) is 23.6 Å². The molecule has 7 nitrogen and oxygen atoms in total. The van der Waals surface area contributed by atoms with Gasteiger partial charge in [0, 0.05) is 5.69 Å². The second-order valence-electron chi connectivity index (χ2n) is 10.2. The number of nitrogens with zero attached hydrogens (tertiary/aromatic N) is 1. The third kappa shape index (κ3) is 4.16. The minimum atomic E-state index is -0.760. The summed E-state index contributed by atoms with van der Waals surface area (Å²) in [5.41, 5.74) is 2.04. The maximum absolute atomic E-state index is 13.6. The van der Waals surface area contributed by atoms with Crippen LogP contribution in [0.3, 0.4) is 0 Å². The zero-order chi connectivity index (χ0) is 26.4. The Hall–Kier alpha value is -4.33. The van der Waals surface area contributed by atoms with Crippen molar-refractivity contribution in [2.75, 3.05) is 16.8 Å². The predicted molar refractivity (Wildman–Crippen MR) is 137 cm³/mol. The summed E-state index contributed by atoms with van der Waals surface area (Å²) >= 11 is 0. The third-order valence-electron chi connectivity index (χ3n) is 8.05. The van der Waals surface area contributed by atoms with E-state index in [1.807, 2.05) is 18.2 Å². The molecule has 3 amide bonds. The molecule has 0 spiro atoms. The predicted octanol–water partition coefficient (Wildman–Crippen LogP) is 4.55. The van der Waals surface area contributed by atoms with Crippen molar-refractivity contribution in [1.82, 2.24) is 0 Å². The molecule has 5 atom stereocenters. The Kier molecular flexibility index (Phi) is 6.02. The van der Waals surface area contributed by atoms with E-state index < -0.39 is 24.3 Å². The first kappa shape index (κ1) is 24.0. The number of amides is 3. The highest BCUT2D eigenvalue weighted by Gasteiger charge is 2.64. The van der Waals surface area contributed by atoms with Gasteiger partial charge in [-0.1, -0.05) is 36.4 Å². The first-order chi connectivity index (χ1) is 18.4. The number of carbonyl (C=O) groups excluding carboxylic acids is 4. The molecule has 1 saturated heterocycles. The van der Waals surface area contributed by atoms with Crippen molar-refractivity contribution < 1.29 is 28.3 Å². The lowest BCUT2D eigenvalue weighted by molar-refractivity contribution is -0.123. The van der Waals surface area contributed by atoms with Gasteiger partial charge in [0.25, 0.3) is 5.91 Å². The van der Waals surface area contributed by atoms with E-state index in [-0.39, 0.29) is 47.0 Å². The summed E-state index contributed by atoms with van der Waals surface area (Å²) < 4.78 is 18.2. The summed E-state index contributed by atoms with van der Waals surface area (Å²) in [6.45, 7) is -0.545. The van der Waals surface area contributed by atoms with Crippen LogP contribution in [0.4, 0.5) is 15.8 Å². The summed E-state index contributed by atoms with van der Waals surface area (Å²) in [5, 5.41) is 2.52. The van der Waals surface area contributed by atoms with Gasteiger partial charge in [-0.2, -0.15) is 0 Å². The Morgan fingerprint density at radius 3 is 2.39 bits per heavy atom. The smallest absolute Gasteiger partial charge is 0.338 e. The Labute approximate surface area is 218 Å². The molecule has 2 bridgehead atoms. The molecule has 0 radical (unpaired) electrons. The van der Waals surface area contributed by atoms with Gasteiger partial charge in [-0.05, 0) is 78.6 Å². The molecule has 3 aliphatic rings. The molecule has 38 heavy (non-hydrogen) atoms. The van der Waals surface area contributed by atoms with Crippen LogP contribution in [0.5, 0.6) is 0 Å². The summed E-state index contributed by atoms with van der Waals surface area (Å²) in [6.07, 6.45) is 1.78. The lowest BCUT2D eigenvalue weighted by Gasteiger charge is -2.28. The molecule has 3 fully saturated rings. The van der Waals surface area contributed by atoms with Gasteiger partial charge < -0.3 is 10.1 Å². The van der Waals surface area contributed by atoms with Gasteiger partial charge in [-0.25, -0.2) is 9.18 Å². The molecule has 6 rings (SSSR count). The van der Waals surface area contributed by atoms with Gasteiger partial charge in [0.05, 0.1) is 23.1 Å². The van der Waals surface area contributed by atoms with Crippen molar-refractivity contribution >= 4 is 35.1 Å². The highest BCUT2D eigenvalue weighted by Crippen LogP contribution is 2.61. The topological polar surface area (TPSA) is 92.8 Å². The molecule has 8 heteroatoms. The fourth-order valence-corrected chi connectivity index (χ4v) is 6.51. The monoisotopic (exact) mass is 512 g/mol. The van der Waals surface area contributed by atoms with Crippen LogP contribution in [0.2, 0.25) is 0 Å². The first-order valence-corrected chi connectivity index (χ1v) is 12.7. The number of carbonyl (C=O) groups is 4. The second kappa shape index (κ2) is 9.52. The fourth-order valence-electron chi connectivity index (χ4n) is 6.51. The number of halogens is 1. The highest BCUT2D eigenvalue weighted by atomic mass is 19.1. The van der Waals surface area contributed by atoms with Crippen LogP contribution in [0.1, 0.15) is 34.7 Å². The van der Waals surface area contributed by atoms with E-state index in [1.54, 1.807) is 12.1 Å². The van der Waals surface area contributed by atoms with Crippen molar-refractivity contribution in [3.63, 3.8) is 0 Å². The van der Waals surface area contributed by atoms with Crippen LogP contribution < -0.4 is 10.2 Å². The number of rotatable bonds is 6. The molecular formula is C30H25FN2O5. The molecule has 3 aromatic carbocycles. The number of fused-ring (bicyclic) bond motifs is 5. The van der Waals surface area contributed by atoms with Gasteiger partial charge in [0.15, 0.2) is 6.61 Å². The number of imide groups is 1. The molecule has 0 unspecified atom stereocenters. The van der Waals surface area contributed by atoms with E-state index in [2.05, 4.69) is 17.4 Å². The molecule has 2 saturated carbocycles. The maximum atomic E-state index is 13.6. The zero-order valence-electron chi connectivity index (χ0n) is 20.4. The van der Waals surface area contributed by atoms with E-state index in [0.29, 0.717) is 11.4 Å². The molecule has 3 aromatic rings. The lowest BCUT2D eigenvalue weighted by Crippen LogP contribution is -2.33. The number of nitrogens with one attached hydrogen (secondary N) is 1. The van der Waals surface area contributed by atoms with Crippen LogP contribution >= 0.6 is 0 Å². The number of esters is 1. The van der Waals surface area contributed by atoms with Crippen LogP contribution in [0, 0.1) is 29.5 Å². The Morgan fingerprint density at radius 2 is 1.63 bits per heavy atom. The molecule has 0 aromatic heterocycles. The van der Waals surface area contributed by atoms with E-state index >= 15 is 0 Å². The third-order valence-corrected chi connectivity index (χ3v) is 8.05. The Bertz CT molecular complexity index is 1420. The number of hydrogen-bond acceptors (Lipinski definition) is 5. The SMILES string of the molecule is O=C(COC(=O)c1cccc(N2C(=O)[C@@H]3[C@@H]4C[C@@H]([C@H]3C2=O)[C@@H](c2ccccc2)C4)c1)Nc1ccc(F)cc1. The lowest BCUT2D eigenvalue weighted by atomic mass is 9.73. The van der Waals surface area contributed by atoms with Crippen LogP contribution in [-0.4, -0.2) is 30.3 Å². The fraction of sp³-hybridized carbons (Fsp3) is 0.267. The molecule has 1 N–H and O–H groups in total. The molecule has 192 valence electrons. The Morgan fingerprint density at radius 1 is 0.895 bits per heavy atom. The average Bonchev–Trinajstić information content (AvgIpc) is 3.60. The molecule has 1 heterocycles. The van der Waals surface area contributed by atoms with Crippen molar-refractivity contribution in [1.29, 1.82) is 0 Å². The first-order valence-electron chi connectivity index (χ1n) is 12.7. The van der Waals surface area contributed by atoms with Crippen molar-refractivity contribution in [3.8, 4) is 0 Å². The average molecular weight is 513 g/mol. The van der Waals surface area contributed by atoms with E-state index in [4.69, 9.17) is 4.74 Å². The standard InChI is InChI=1S/C30H25FN2O5/c31-20-9-11-21(12-10-20)32-25(34)16-38-30(37)18-7-4-8-22(13-18)33-28(35)26-19-14-23(17-5-2-1-3-6-17)24(15-19)27(26)29(33)36/h1-13,19,23-24,26-27H,14-16H2,(H,32,34)/t19-,23+,24+,26+,27+/m0/s1. The van der Waals surface area contributed by atoms with Gasteiger partial charge in [-0.3, -0.25) is 19.3 Å². The summed E-state index contributed by atoms with van der Waals surface area (Å²) in [6, 6.07) is 21.5. The van der Waals surface area contributed by atoms with E-state index in [0.717, 1.165) is 12.8 Å². The molecule has 1 aliphatic heterocycles. The number of benzene rings is 3. The van der Waals surface area contributed by atoms with Gasteiger partial charge in [0.2, 0.25) is 11.8 Å². The molecule has 2 aliphatic carbocycles. The van der Waals surface area contributed by atoms with Crippen LogP contribution in [0.25, 0.3) is 0 Å². The zero-order valence-corrected chi connectivity index (χ0v) is 20.4. The highest BCUT2D eigenvalue weighted by molar-refractivity contribution is 6.23. The largest absolute Gasteiger partial charge is 0.452 e. The van der Waals surface area contributed by atoms with Gasteiger partial charge >= 0.3 is 5.97 Å². The maximum Gasteiger partial charge on any atom is 0.338 e.